The molecule has 0 saturated heterocycles. The van der Waals surface area contributed by atoms with E-state index >= 15 is 0 Å². The highest BCUT2D eigenvalue weighted by Crippen LogP contribution is 2.07. The van der Waals surface area contributed by atoms with Crippen LogP contribution in [0.1, 0.15) is 11.1 Å². The van der Waals surface area contributed by atoms with Crippen LogP contribution in [0.2, 0.25) is 5.15 Å². The Hall–Kier alpha value is -3.37. The molecule has 2 heterocycles. The van der Waals surface area contributed by atoms with Crippen molar-refractivity contribution in [3.8, 4) is 17.7 Å². The molecule has 0 bridgehead atoms. The highest BCUT2D eigenvalue weighted by molar-refractivity contribution is 6.29. The van der Waals surface area contributed by atoms with Gasteiger partial charge in [0.15, 0.2) is 11.0 Å². The van der Waals surface area contributed by atoms with E-state index < -0.39 is 6.09 Å². The van der Waals surface area contributed by atoms with Gasteiger partial charge in [-0.25, -0.2) is 9.48 Å². The molecule has 0 aliphatic heterocycles. The third kappa shape index (κ3) is 5.06. The molecule has 130 valence electrons. The summed E-state index contributed by atoms with van der Waals surface area (Å²) in [5.74, 6) is 6.26. The summed E-state index contributed by atoms with van der Waals surface area (Å²) in [6, 6.07) is 12.8. The number of amides is 1. The second kappa shape index (κ2) is 8.65. The van der Waals surface area contributed by atoms with E-state index in [2.05, 4.69) is 32.5 Å². The number of aromatic nitrogens is 4. The number of benzene rings is 1. The van der Waals surface area contributed by atoms with Crippen LogP contribution in [0.15, 0.2) is 54.9 Å². The Labute approximate surface area is 155 Å². The van der Waals surface area contributed by atoms with Gasteiger partial charge in [-0.1, -0.05) is 53.8 Å². The van der Waals surface area contributed by atoms with Gasteiger partial charge in [-0.05, 0) is 17.7 Å². The lowest BCUT2D eigenvalue weighted by Gasteiger charge is -2.04. The fourth-order valence-corrected chi connectivity index (χ4v) is 2.08. The molecule has 0 saturated carbocycles. The van der Waals surface area contributed by atoms with Gasteiger partial charge in [0.05, 0.1) is 18.3 Å². The zero-order valence-corrected chi connectivity index (χ0v) is 14.3. The molecule has 8 heteroatoms. The summed E-state index contributed by atoms with van der Waals surface area (Å²) in [7, 11) is 0. The van der Waals surface area contributed by atoms with Crippen LogP contribution in [0.3, 0.4) is 0 Å². The molecule has 1 aromatic carbocycles. The molecule has 1 amide bonds. The molecular weight excluding hydrogens is 354 g/mol. The quantitative estimate of drug-likeness (QED) is 0.717. The van der Waals surface area contributed by atoms with Gasteiger partial charge in [0.2, 0.25) is 0 Å². The largest absolute Gasteiger partial charge is 0.445 e. The van der Waals surface area contributed by atoms with E-state index in [1.54, 1.807) is 24.5 Å². The maximum atomic E-state index is 11.6. The van der Waals surface area contributed by atoms with E-state index in [1.165, 1.54) is 4.68 Å². The topological polar surface area (TPSA) is 81.9 Å². The summed E-state index contributed by atoms with van der Waals surface area (Å²) in [5, 5.41) is 14.7. The highest BCUT2D eigenvalue weighted by atomic mass is 35.5. The standard InChI is InChI=1S/C18H14ClN5O2/c19-16-8-9-17(23-22-16)24-12-15(11-21-24)7-4-10-20-18(25)26-13-14-5-2-1-3-6-14/h1-3,5-6,8-9,11-12H,10,13H2,(H,20,25). The Morgan fingerprint density at radius 1 is 1.19 bits per heavy atom. The van der Waals surface area contributed by atoms with Gasteiger partial charge < -0.3 is 10.1 Å². The Balaban J connectivity index is 1.46. The number of hydrogen-bond donors (Lipinski definition) is 1. The van der Waals surface area contributed by atoms with Gasteiger partial charge in [-0.2, -0.15) is 5.10 Å². The number of ether oxygens (including phenoxy) is 1. The van der Waals surface area contributed by atoms with Crippen LogP contribution in [-0.4, -0.2) is 32.6 Å². The van der Waals surface area contributed by atoms with Crippen LogP contribution in [0.5, 0.6) is 0 Å². The van der Waals surface area contributed by atoms with Crippen LogP contribution in [0.25, 0.3) is 5.82 Å². The van der Waals surface area contributed by atoms with Crippen LogP contribution in [0, 0.1) is 11.8 Å². The molecule has 0 atom stereocenters. The van der Waals surface area contributed by atoms with Crippen molar-refractivity contribution in [3.05, 3.63) is 71.1 Å². The van der Waals surface area contributed by atoms with Gasteiger partial charge in [-0.3, -0.25) is 0 Å². The van der Waals surface area contributed by atoms with Crippen LogP contribution < -0.4 is 5.32 Å². The van der Waals surface area contributed by atoms with Gasteiger partial charge in [0, 0.05) is 6.20 Å². The smallest absolute Gasteiger partial charge is 0.408 e. The molecule has 1 N–H and O–H groups in total. The number of rotatable bonds is 4. The summed E-state index contributed by atoms with van der Waals surface area (Å²) in [6.07, 6.45) is 2.78. The first-order chi connectivity index (χ1) is 12.7. The van der Waals surface area contributed by atoms with E-state index in [0.29, 0.717) is 16.5 Å². The minimum absolute atomic E-state index is 0.166. The fourth-order valence-electron chi connectivity index (χ4n) is 1.98. The molecule has 0 spiro atoms. The van der Waals surface area contributed by atoms with E-state index in [1.807, 2.05) is 30.3 Å². The van der Waals surface area contributed by atoms with E-state index in [0.717, 1.165) is 5.56 Å². The van der Waals surface area contributed by atoms with Crippen LogP contribution in [0.4, 0.5) is 4.79 Å². The number of halogens is 1. The second-order valence-corrected chi connectivity index (χ2v) is 5.49. The monoisotopic (exact) mass is 367 g/mol. The maximum absolute atomic E-state index is 11.6. The van der Waals surface area contributed by atoms with Gasteiger partial charge >= 0.3 is 6.09 Å². The fraction of sp³-hybridized carbons (Fsp3) is 0.111. The number of hydrogen-bond acceptors (Lipinski definition) is 5. The molecule has 0 unspecified atom stereocenters. The van der Waals surface area contributed by atoms with Crippen molar-refractivity contribution in [1.29, 1.82) is 0 Å². The third-order valence-corrected chi connectivity index (χ3v) is 3.40. The van der Waals surface area contributed by atoms with Crippen LogP contribution >= 0.6 is 11.6 Å². The lowest BCUT2D eigenvalue weighted by atomic mass is 10.2. The number of carbonyl (C=O) groups is 1. The predicted octanol–water partition coefficient (Wildman–Crippen LogP) is 2.59. The summed E-state index contributed by atoms with van der Waals surface area (Å²) in [6.45, 7) is 0.383. The summed E-state index contributed by atoms with van der Waals surface area (Å²) < 4.78 is 6.63. The molecule has 3 rings (SSSR count). The predicted molar refractivity (Wildman–Crippen MR) is 95.7 cm³/mol. The minimum atomic E-state index is -0.518. The third-order valence-electron chi connectivity index (χ3n) is 3.20. The lowest BCUT2D eigenvalue weighted by molar-refractivity contribution is 0.141. The zero-order valence-electron chi connectivity index (χ0n) is 13.6. The van der Waals surface area contributed by atoms with Crippen molar-refractivity contribution < 1.29 is 9.53 Å². The zero-order chi connectivity index (χ0) is 18.2. The maximum Gasteiger partial charge on any atom is 0.408 e. The van der Waals surface area contributed by atoms with Gasteiger partial charge in [0.25, 0.3) is 0 Å². The molecule has 3 aromatic rings. The normalized spacial score (nSPS) is 9.88. The Morgan fingerprint density at radius 2 is 2.04 bits per heavy atom. The lowest BCUT2D eigenvalue weighted by Crippen LogP contribution is -2.24. The second-order valence-electron chi connectivity index (χ2n) is 5.10. The van der Waals surface area contributed by atoms with Crippen molar-refractivity contribution in [2.75, 3.05) is 6.54 Å². The van der Waals surface area contributed by atoms with E-state index in [-0.39, 0.29) is 13.2 Å². The number of nitrogens with zero attached hydrogens (tertiary/aromatic N) is 4. The van der Waals surface area contributed by atoms with Crippen molar-refractivity contribution >= 4 is 17.7 Å². The average molecular weight is 368 g/mol. The Morgan fingerprint density at radius 3 is 2.81 bits per heavy atom. The first kappa shape index (κ1) is 17.5. The summed E-state index contributed by atoms with van der Waals surface area (Å²) in [5.41, 5.74) is 1.60. The van der Waals surface area contributed by atoms with E-state index in [9.17, 15) is 4.79 Å². The first-order valence-corrected chi connectivity index (χ1v) is 8.06. The first-order valence-electron chi connectivity index (χ1n) is 7.68. The van der Waals surface area contributed by atoms with Crippen molar-refractivity contribution in [1.82, 2.24) is 25.3 Å². The number of carbonyl (C=O) groups excluding carboxylic acids is 1. The average Bonchev–Trinajstić information content (AvgIpc) is 3.14. The molecule has 7 nitrogen and oxygen atoms in total. The molecule has 26 heavy (non-hydrogen) atoms. The van der Waals surface area contributed by atoms with Crippen molar-refractivity contribution in [2.45, 2.75) is 6.61 Å². The minimum Gasteiger partial charge on any atom is -0.445 e. The summed E-state index contributed by atoms with van der Waals surface area (Å²) in [4.78, 5) is 11.6. The number of nitrogens with one attached hydrogen (secondary N) is 1. The van der Waals surface area contributed by atoms with E-state index in [4.69, 9.17) is 16.3 Å². The highest BCUT2D eigenvalue weighted by Gasteiger charge is 2.02. The van der Waals surface area contributed by atoms with Crippen molar-refractivity contribution in [2.24, 2.45) is 0 Å². The SMILES string of the molecule is O=C(NCC#Cc1cnn(-c2ccc(Cl)nn2)c1)OCc1ccccc1. The Kier molecular flexibility index (Phi) is 5.80. The molecule has 0 radical (unpaired) electrons. The van der Waals surface area contributed by atoms with Crippen LogP contribution in [-0.2, 0) is 11.3 Å². The van der Waals surface area contributed by atoms with Gasteiger partial charge in [0.1, 0.15) is 6.61 Å². The molecule has 0 aliphatic carbocycles. The summed E-state index contributed by atoms with van der Waals surface area (Å²) >= 11 is 5.70. The molecule has 0 fully saturated rings. The number of alkyl carbamates (subject to hydrolysis) is 1. The van der Waals surface area contributed by atoms with Gasteiger partial charge in [-0.15, -0.1) is 10.2 Å². The van der Waals surface area contributed by atoms with Crippen molar-refractivity contribution in [3.63, 3.8) is 0 Å². The Bertz CT molecular complexity index is 929. The molecule has 2 aromatic heterocycles. The molecule has 0 aliphatic rings. The molecular formula is C18H14ClN5O2.